The van der Waals surface area contributed by atoms with Crippen LogP contribution in [0.15, 0.2) is 29.0 Å². The van der Waals surface area contributed by atoms with Crippen LogP contribution < -0.4 is 0 Å². The molecule has 2 unspecified atom stereocenters. The van der Waals surface area contributed by atoms with Crippen molar-refractivity contribution in [3.05, 3.63) is 36.0 Å². The lowest BCUT2D eigenvalue weighted by Crippen LogP contribution is -2.45. The average molecular weight is 292 g/mol. The van der Waals surface area contributed by atoms with Gasteiger partial charge in [0.05, 0.1) is 31.4 Å². The van der Waals surface area contributed by atoms with Crippen LogP contribution in [0.5, 0.6) is 0 Å². The minimum atomic E-state index is -0.612. The van der Waals surface area contributed by atoms with E-state index in [4.69, 9.17) is 9.15 Å². The van der Waals surface area contributed by atoms with Crippen molar-refractivity contribution in [1.82, 2.24) is 19.9 Å². The molecule has 2 atom stereocenters. The standard InChI is InChI=1S/C14H20N4O3/c1-17-12(8-15-16-17)9-18-4-6-20-10-11(18)7-13(19)14-3-2-5-21-14/h2-3,5,8,11,13,19H,4,6-7,9-10H2,1H3. The minimum Gasteiger partial charge on any atom is -0.467 e. The zero-order valence-corrected chi connectivity index (χ0v) is 12.1. The van der Waals surface area contributed by atoms with E-state index >= 15 is 0 Å². The summed E-state index contributed by atoms with van der Waals surface area (Å²) < 4.78 is 12.6. The lowest BCUT2D eigenvalue weighted by atomic mass is 10.1. The van der Waals surface area contributed by atoms with Gasteiger partial charge in [-0.2, -0.15) is 0 Å². The number of furan rings is 1. The Morgan fingerprint density at radius 3 is 3.14 bits per heavy atom. The summed E-state index contributed by atoms with van der Waals surface area (Å²) in [5, 5.41) is 18.1. The normalized spacial score (nSPS) is 21.5. The number of nitrogens with zero attached hydrogens (tertiary/aromatic N) is 4. The molecule has 7 nitrogen and oxygen atoms in total. The first-order valence-corrected chi connectivity index (χ1v) is 7.11. The molecule has 0 aromatic carbocycles. The van der Waals surface area contributed by atoms with E-state index < -0.39 is 6.10 Å². The van der Waals surface area contributed by atoms with Gasteiger partial charge in [0.25, 0.3) is 0 Å². The van der Waals surface area contributed by atoms with Crippen molar-refractivity contribution in [2.45, 2.75) is 25.1 Å². The summed E-state index contributed by atoms with van der Waals surface area (Å²) >= 11 is 0. The van der Waals surface area contributed by atoms with Gasteiger partial charge in [-0.1, -0.05) is 5.21 Å². The molecule has 3 heterocycles. The zero-order valence-electron chi connectivity index (χ0n) is 12.1. The van der Waals surface area contributed by atoms with Gasteiger partial charge in [-0.25, -0.2) is 0 Å². The van der Waals surface area contributed by atoms with Gasteiger partial charge in [0.2, 0.25) is 0 Å². The van der Waals surface area contributed by atoms with E-state index in [0.717, 1.165) is 18.8 Å². The SMILES string of the molecule is Cn1nncc1CN1CCOCC1CC(O)c1ccco1. The highest BCUT2D eigenvalue weighted by molar-refractivity contribution is 5.03. The Bertz CT molecular complexity index is 554. The maximum Gasteiger partial charge on any atom is 0.132 e. The fraction of sp³-hybridized carbons (Fsp3) is 0.571. The topological polar surface area (TPSA) is 76.6 Å². The van der Waals surface area contributed by atoms with Gasteiger partial charge >= 0.3 is 0 Å². The maximum atomic E-state index is 10.3. The number of hydrogen-bond acceptors (Lipinski definition) is 6. The highest BCUT2D eigenvalue weighted by Crippen LogP contribution is 2.23. The summed E-state index contributed by atoms with van der Waals surface area (Å²) in [7, 11) is 1.88. The fourth-order valence-corrected chi connectivity index (χ4v) is 2.63. The van der Waals surface area contributed by atoms with E-state index in [2.05, 4.69) is 15.2 Å². The van der Waals surface area contributed by atoms with E-state index in [0.29, 0.717) is 25.4 Å². The van der Waals surface area contributed by atoms with Crippen molar-refractivity contribution in [3.63, 3.8) is 0 Å². The number of aromatic nitrogens is 3. The number of morpholine rings is 1. The molecule has 0 radical (unpaired) electrons. The summed E-state index contributed by atoms with van der Waals surface area (Å²) in [5.74, 6) is 0.600. The molecular formula is C14H20N4O3. The molecule has 2 aromatic heterocycles. The number of ether oxygens (including phenoxy) is 1. The second kappa shape index (κ2) is 6.38. The molecule has 114 valence electrons. The second-order valence-corrected chi connectivity index (χ2v) is 5.32. The Balaban J connectivity index is 1.65. The zero-order chi connectivity index (χ0) is 14.7. The van der Waals surface area contributed by atoms with Crippen molar-refractivity contribution < 1.29 is 14.3 Å². The number of aliphatic hydroxyl groups is 1. The Morgan fingerprint density at radius 2 is 2.43 bits per heavy atom. The third-order valence-electron chi connectivity index (χ3n) is 3.89. The molecule has 2 aromatic rings. The van der Waals surface area contributed by atoms with Crippen LogP contribution in [0.2, 0.25) is 0 Å². The summed E-state index contributed by atoms with van der Waals surface area (Å²) in [5.41, 5.74) is 1.05. The molecule has 21 heavy (non-hydrogen) atoms. The average Bonchev–Trinajstić information content (AvgIpc) is 3.13. The first kappa shape index (κ1) is 14.2. The van der Waals surface area contributed by atoms with Crippen molar-refractivity contribution >= 4 is 0 Å². The highest BCUT2D eigenvalue weighted by Gasteiger charge is 2.27. The van der Waals surface area contributed by atoms with E-state index in [1.165, 1.54) is 0 Å². The van der Waals surface area contributed by atoms with Crippen molar-refractivity contribution in [1.29, 1.82) is 0 Å². The number of rotatable bonds is 5. The third kappa shape index (κ3) is 3.31. The fourth-order valence-electron chi connectivity index (χ4n) is 2.63. The lowest BCUT2D eigenvalue weighted by molar-refractivity contribution is -0.0331. The Morgan fingerprint density at radius 1 is 1.52 bits per heavy atom. The predicted octanol–water partition coefficient (Wildman–Crippen LogP) is 0.733. The van der Waals surface area contributed by atoms with Crippen LogP contribution in [0, 0.1) is 0 Å². The van der Waals surface area contributed by atoms with Gasteiger partial charge < -0.3 is 14.3 Å². The van der Waals surface area contributed by atoms with E-state index in [1.54, 1.807) is 29.3 Å². The largest absolute Gasteiger partial charge is 0.467 e. The first-order chi connectivity index (χ1) is 10.2. The van der Waals surface area contributed by atoms with E-state index in [1.807, 2.05) is 7.05 Å². The van der Waals surface area contributed by atoms with Gasteiger partial charge in [0.1, 0.15) is 11.9 Å². The minimum absolute atomic E-state index is 0.147. The molecule has 0 spiro atoms. The monoisotopic (exact) mass is 292 g/mol. The molecule has 1 aliphatic heterocycles. The summed E-state index contributed by atoms with van der Waals surface area (Å²) in [6, 6.07) is 3.73. The summed E-state index contributed by atoms with van der Waals surface area (Å²) in [4.78, 5) is 2.30. The van der Waals surface area contributed by atoms with Crippen LogP contribution in [0.1, 0.15) is 24.0 Å². The maximum absolute atomic E-state index is 10.3. The molecule has 7 heteroatoms. The molecule has 0 amide bonds. The highest BCUT2D eigenvalue weighted by atomic mass is 16.5. The number of hydrogen-bond donors (Lipinski definition) is 1. The van der Waals surface area contributed by atoms with Gasteiger partial charge in [0, 0.05) is 26.2 Å². The van der Waals surface area contributed by atoms with Crippen LogP contribution in [0.3, 0.4) is 0 Å². The molecule has 1 N–H and O–H groups in total. The van der Waals surface area contributed by atoms with Gasteiger partial charge in [-0.3, -0.25) is 9.58 Å². The molecule has 0 saturated carbocycles. The van der Waals surface area contributed by atoms with Gasteiger partial charge in [-0.15, -0.1) is 5.10 Å². The molecular weight excluding hydrogens is 272 g/mol. The summed E-state index contributed by atoms with van der Waals surface area (Å²) in [6.45, 7) is 2.91. The van der Waals surface area contributed by atoms with Crippen molar-refractivity contribution in [2.75, 3.05) is 19.8 Å². The quantitative estimate of drug-likeness (QED) is 0.875. The number of aryl methyl sites for hydroxylation is 1. The number of aliphatic hydroxyl groups excluding tert-OH is 1. The smallest absolute Gasteiger partial charge is 0.132 e. The molecule has 0 bridgehead atoms. The molecule has 0 aliphatic carbocycles. The first-order valence-electron chi connectivity index (χ1n) is 7.11. The van der Waals surface area contributed by atoms with E-state index in [-0.39, 0.29) is 6.04 Å². The van der Waals surface area contributed by atoms with Gasteiger partial charge in [-0.05, 0) is 18.6 Å². The Labute approximate surface area is 123 Å². The van der Waals surface area contributed by atoms with Crippen molar-refractivity contribution in [3.8, 4) is 0 Å². The van der Waals surface area contributed by atoms with Crippen LogP contribution in [0.25, 0.3) is 0 Å². The van der Waals surface area contributed by atoms with Crippen LogP contribution >= 0.6 is 0 Å². The third-order valence-corrected chi connectivity index (χ3v) is 3.89. The molecule has 3 rings (SSSR count). The van der Waals surface area contributed by atoms with Gasteiger partial charge in [0.15, 0.2) is 0 Å². The van der Waals surface area contributed by atoms with E-state index in [9.17, 15) is 5.11 Å². The van der Waals surface area contributed by atoms with Crippen LogP contribution in [-0.2, 0) is 18.3 Å². The van der Waals surface area contributed by atoms with Crippen LogP contribution in [-0.4, -0.2) is 50.8 Å². The Kier molecular flexibility index (Phi) is 4.33. The van der Waals surface area contributed by atoms with Crippen molar-refractivity contribution in [2.24, 2.45) is 7.05 Å². The van der Waals surface area contributed by atoms with Crippen LogP contribution in [0.4, 0.5) is 0 Å². The second-order valence-electron chi connectivity index (χ2n) is 5.32. The molecule has 1 fully saturated rings. The predicted molar refractivity (Wildman–Crippen MR) is 74.3 cm³/mol. The Hall–Kier alpha value is -1.70. The molecule has 1 saturated heterocycles. The summed E-state index contributed by atoms with van der Waals surface area (Å²) in [6.07, 6.45) is 3.32. The molecule has 1 aliphatic rings. The lowest BCUT2D eigenvalue weighted by Gasteiger charge is -2.36.